The van der Waals surface area contributed by atoms with Gasteiger partial charge in [-0.1, -0.05) is 17.7 Å². The fourth-order valence-corrected chi connectivity index (χ4v) is 4.53. The fraction of sp³-hybridized carbons (Fsp3) is 0.0435. The van der Waals surface area contributed by atoms with Crippen LogP contribution in [0.5, 0.6) is 11.5 Å². The molecule has 2 N–H and O–H groups in total. The number of hydrogen-bond donors (Lipinski definition) is 1. The Balaban J connectivity index is 1.83. The largest absolute Gasteiger partial charge is 0.457 e. The van der Waals surface area contributed by atoms with E-state index in [0.29, 0.717) is 9.39 Å². The SMILES string of the molecule is N[N+](=O)c1cc(Oc2ccc(F)cc2)cc(-c2c(-c3cccs3)nc3c(Cl)cnn3c2C(F)(F)F)c1. The van der Waals surface area contributed by atoms with Crippen molar-refractivity contribution in [2.75, 3.05) is 0 Å². The van der Waals surface area contributed by atoms with Gasteiger partial charge in [0, 0.05) is 11.6 Å². The Morgan fingerprint density at radius 2 is 1.83 bits per heavy atom. The molecule has 0 bridgehead atoms. The number of alkyl halides is 3. The van der Waals surface area contributed by atoms with Gasteiger partial charge in [0.05, 0.1) is 27.7 Å². The molecule has 36 heavy (non-hydrogen) atoms. The number of aromatic nitrogens is 3. The number of hydrazine groups is 1. The van der Waals surface area contributed by atoms with Crippen molar-refractivity contribution >= 4 is 34.3 Å². The van der Waals surface area contributed by atoms with Crippen LogP contribution in [0.2, 0.25) is 5.02 Å². The highest BCUT2D eigenvalue weighted by atomic mass is 35.5. The average Bonchev–Trinajstić information content (AvgIpc) is 3.49. The van der Waals surface area contributed by atoms with Crippen molar-refractivity contribution in [1.29, 1.82) is 0 Å². The monoisotopic (exact) mass is 534 g/mol. The molecule has 5 aromatic rings. The molecule has 7 nitrogen and oxygen atoms in total. The summed E-state index contributed by atoms with van der Waals surface area (Å²) >= 11 is 7.27. The first-order valence-corrected chi connectivity index (χ1v) is 11.4. The minimum absolute atomic E-state index is 0.00413. The zero-order valence-electron chi connectivity index (χ0n) is 17.8. The Labute approximate surface area is 208 Å². The number of fused-ring (bicyclic) bond motifs is 1. The van der Waals surface area contributed by atoms with Crippen molar-refractivity contribution in [1.82, 2.24) is 14.6 Å². The number of hydrogen-bond acceptors (Lipinski definition) is 5. The molecule has 3 aromatic heterocycles. The first-order chi connectivity index (χ1) is 17.1. The van der Waals surface area contributed by atoms with Gasteiger partial charge in [0.15, 0.2) is 16.2 Å². The molecule has 0 atom stereocenters. The molecule has 0 spiro atoms. The number of nitroso groups, excluding NO2 is 1. The number of halogens is 5. The highest BCUT2D eigenvalue weighted by Gasteiger charge is 2.40. The van der Waals surface area contributed by atoms with Gasteiger partial charge < -0.3 is 4.74 Å². The topological polar surface area (TPSA) is 85.5 Å². The summed E-state index contributed by atoms with van der Waals surface area (Å²) in [6.07, 6.45) is -3.83. The van der Waals surface area contributed by atoms with E-state index in [4.69, 9.17) is 22.2 Å². The van der Waals surface area contributed by atoms with E-state index < -0.39 is 17.7 Å². The van der Waals surface area contributed by atoms with Crippen molar-refractivity contribution in [2.24, 2.45) is 5.84 Å². The lowest BCUT2D eigenvalue weighted by molar-refractivity contribution is -0.474. The van der Waals surface area contributed by atoms with Gasteiger partial charge in [0.2, 0.25) is 0 Å². The fourth-order valence-electron chi connectivity index (χ4n) is 3.65. The van der Waals surface area contributed by atoms with Crippen molar-refractivity contribution in [3.63, 3.8) is 0 Å². The summed E-state index contributed by atoms with van der Waals surface area (Å²) in [6.45, 7) is 0. The van der Waals surface area contributed by atoms with Crippen LogP contribution >= 0.6 is 22.9 Å². The molecule has 0 aliphatic carbocycles. The Hall–Kier alpha value is -4.03. The third-order valence-electron chi connectivity index (χ3n) is 5.11. The van der Waals surface area contributed by atoms with E-state index >= 15 is 0 Å². The molecule has 2 aromatic carbocycles. The lowest BCUT2D eigenvalue weighted by Gasteiger charge is -2.18. The molecule has 0 aliphatic rings. The van der Waals surface area contributed by atoms with E-state index in [-0.39, 0.29) is 49.5 Å². The maximum atomic E-state index is 14.5. The highest BCUT2D eigenvalue weighted by Crippen LogP contribution is 2.45. The zero-order chi connectivity index (χ0) is 25.6. The summed E-state index contributed by atoms with van der Waals surface area (Å²) < 4.78 is 63.3. The van der Waals surface area contributed by atoms with Gasteiger partial charge in [0.25, 0.3) is 5.69 Å². The molecule has 0 unspecified atom stereocenters. The van der Waals surface area contributed by atoms with Gasteiger partial charge in [-0.05, 0) is 47.3 Å². The van der Waals surface area contributed by atoms with Crippen molar-refractivity contribution < 1.29 is 27.2 Å². The molecule has 13 heteroatoms. The van der Waals surface area contributed by atoms with Crippen LogP contribution in [0.4, 0.5) is 23.2 Å². The van der Waals surface area contributed by atoms with E-state index in [2.05, 4.69) is 10.1 Å². The maximum absolute atomic E-state index is 14.5. The lowest BCUT2D eigenvalue weighted by Crippen LogP contribution is -2.17. The number of nitrogens with zero attached hydrogens (tertiary/aromatic N) is 4. The second-order valence-electron chi connectivity index (χ2n) is 7.48. The molecule has 5 rings (SSSR count). The van der Waals surface area contributed by atoms with Gasteiger partial charge in [-0.15, -0.1) is 11.3 Å². The first kappa shape index (κ1) is 23.7. The van der Waals surface area contributed by atoms with Crippen LogP contribution in [0.1, 0.15) is 5.69 Å². The standard InChI is InChI=1S/C23H13ClF4N5O2S/c24-17-11-30-32-21(23(26,27)28)19(20(31-22(17)32)18-2-1-7-36-18)12-8-14(33(29)34)10-16(9-12)35-15-5-3-13(25)4-6-15/h1-11H,(H2,29,34)/q+1. The third kappa shape index (κ3) is 4.36. The van der Waals surface area contributed by atoms with Gasteiger partial charge in [0.1, 0.15) is 22.3 Å². The molecule has 0 amide bonds. The van der Waals surface area contributed by atoms with Crippen LogP contribution in [-0.2, 0) is 6.18 Å². The molecular weight excluding hydrogens is 522 g/mol. The Morgan fingerprint density at radius 1 is 1.08 bits per heavy atom. The second kappa shape index (κ2) is 8.88. The first-order valence-electron chi connectivity index (χ1n) is 10.1. The second-order valence-corrected chi connectivity index (χ2v) is 8.84. The minimum atomic E-state index is -4.90. The summed E-state index contributed by atoms with van der Waals surface area (Å²) in [5, 5.41) is 5.42. The van der Waals surface area contributed by atoms with Crippen molar-refractivity contribution in [3.05, 3.63) is 87.6 Å². The highest BCUT2D eigenvalue weighted by molar-refractivity contribution is 7.13. The van der Waals surface area contributed by atoms with Gasteiger partial charge in [-0.2, -0.15) is 24.1 Å². The number of benzene rings is 2. The maximum Gasteiger partial charge on any atom is 0.434 e. The molecule has 0 aliphatic heterocycles. The van der Waals surface area contributed by atoms with E-state index in [0.717, 1.165) is 18.3 Å². The van der Waals surface area contributed by atoms with Gasteiger partial charge >= 0.3 is 6.18 Å². The Kier molecular flexibility index (Phi) is 5.85. The molecular formula is C23H13ClF4N5O2S+. The molecule has 0 fully saturated rings. The molecule has 182 valence electrons. The summed E-state index contributed by atoms with van der Waals surface area (Å²) in [5.74, 6) is 5.07. The minimum Gasteiger partial charge on any atom is -0.457 e. The normalized spacial score (nSPS) is 11.7. The Bertz CT molecular complexity index is 1600. The number of nitrogens with two attached hydrogens (primary N) is 1. The molecule has 3 heterocycles. The lowest BCUT2D eigenvalue weighted by atomic mass is 9.99. The van der Waals surface area contributed by atoms with Crippen LogP contribution in [0.3, 0.4) is 0 Å². The van der Waals surface area contributed by atoms with Crippen molar-refractivity contribution in [3.8, 4) is 33.2 Å². The average molecular weight is 535 g/mol. The van der Waals surface area contributed by atoms with E-state index in [1.165, 1.54) is 41.7 Å². The van der Waals surface area contributed by atoms with Gasteiger partial charge in [-0.3, -0.25) is 0 Å². The number of thiophene rings is 1. The summed E-state index contributed by atoms with van der Waals surface area (Å²) in [7, 11) is 0. The molecule has 0 radical (unpaired) electrons. The van der Waals surface area contributed by atoms with Crippen molar-refractivity contribution in [2.45, 2.75) is 6.18 Å². The van der Waals surface area contributed by atoms with Crippen LogP contribution < -0.4 is 10.6 Å². The zero-order valence-corrected chi connectivity index (χ0v) is 19.4. The quantitative estimate of drug-likeness (QED) is 0.113. The summed E-state index contributed by atoms with van der Waals surface area (Å²) in [4.78, 5) is 16.8. The van der Waals surface area contributed by atoms with Crippen LogP contribution in [-0.4, -0.2) is 19.5 Å². The van der Waals surface area contributed by atoms with Crippen LogP contribution in [0, 0.1) is 10.7 Å². The number of ether oxygens (including phenoxy) is 1. The number of rotatable bonds is 5. The smallest absolute Gasteiger partial charge is 0.434 e. The van der Waals surface area contributed by atoms with Crippen LogP contribution in [0.25, 0.3) is 27.3 Å². The van der Waals surface area contributed by atoms with E-state index in [9.17, 15) is 22.5 Å². The summed E-state index contributed by atoms with van der Waals surface area (Å²) in [6, 6.07) is 12.0. The summed E-state index contributed by atoms with van der Waals surface area (Å²) in [5.41, 5.74) is -1.96. The Morgan fingerprint density at radius 3 is 2.47 bits per heavy atom. The predicted octanol–water partition coefficient (Wildman–Crippen LogP) is 7.01. The van der Waals surface area contributed by atoms with E-state index in [1.54, 1.807) is 17.5 Å². The molecule has 0 saturated carbocycles. The van der Waals surface area contributed by atoms with Crippen LogP contribution in [0.15, 0.2) is 66.2 Å². The van der Waals surface area contributed by atoms with Gasteiger partial charge in [-0.25, -0.2) is 13.9 Å². The molecule has 0 saturated heterocycles. The third-order valence-corrected chi connectivity index (χ3v) is 6.25. The predicted molar refractivity (Wildman–Crippen MR) is 126 cm³/mol. The van der Waals surface area contributed by atoms with E-state index in [1.807, 2.05) is 0 Å².